The van der Waals surface area contributed by atoms with E-state index in [4.69, 9.17) is 9.84 Å². The summed E-state index contributed by atoms with van der Waals surface area (Å²) in [7, 11) is 7.85. The number of aromatic carboxylic acids is 1. The smallest absolute Gasteiger partial charge is 0.870 e. The Morgan fingerprint density at radius 1 is 0.631 bits per heavy atom. The third-order valence-electron chi connectivity index (χ3n) is 11.8. The van der Waals surface area contributed by atoms with Crippen molar-refractivity contribution in [2.24, 2.45) is 0 Å². The average Bonchev–Trinajstić information content (AvgIpc) is 3.27. The number of likely N-dealkylation sites (tertiary alicyclic amines) is 3. The first kappa shape index (κ1) is 61.3. The predicted molar refractivity (Wildman–Crippen MR) is 278 cm³/mol. The van der Waals surface area contributed by atoms with Crippen molar-refractivity contribution in [3.8, 4) is 0 Å². The summed E-state index contributed by atoms with van der Waals surface area (Å²) in [6.45, 7) is 14.8. The molecule has 0 aromatic heterocycles. The van der Waals surface area contributed by atoms with E-state index in [1.54, 1.807) is 12.1 Å². The fourth-order valence-electron chi connectivity index (χ4n) is 7.81. The molecule has 0 spiro atoms. The number of piperidine rings is 3. The number of carboxylic acids is 1. The predicted octanol–water partition coefficient (Wildman–Crippen LogP) is 9.23. The summed E-state index contributed by atoms with van der Waals surface area (Å²) in [4.78, 5) is 44.2. The van der Waals surface area contributed by atoms with E-state index in [0.717, 1.165) is 99.0 Å². The van der Waals surface area contributed by atoms with Crippen LogP contribution in [0.1, 0.15) is 126 Å². The van der Waals surface area contributed by atoms with Crippen LogP contribution in [-0.2, 0) is 4.74 Å². The van der Waals surface area contributed by atoms with Crippen LogP contribution < -0.4 is 29.6 Å². The molecule has 65 heavy (non-hydrogen) atoms. The van der Waals surface area contributed by atoms with Gasteiger partial charge in [0.2, 0.25) is 0 Å². The molecule has 0 radical (unpaired) electrons. The maximum atomic E-state index is 12.7. The fraction of sp³-hybridized carbons (Fsp3) is 0.500. The summed E-state index contributed by atoms with van der Waals surface area (Å²) in [6.07, 6.45) is 6.53. The number of alkyl halides is 2. The van der Waals surface area contributed by atoms with Crippen molar-refractivity contribution < 1.29 is 59.3 Å². The van der Waals surface area contributed by atoms with Crippen molar-refractivity contribution in [3.63, 3.8) is 0 Å². The topological polar surface area (TPSA) is 124 Å². The molecule has 1 amide bonds. The molecule has 3 heterocycles. The number of methoxy groups -OCH3 is 1. The van der Waals surface area contributed by atoms with E-state index in [9.17, 15) is 14.4 Å². The van der Waals surface area contributed by atoms with Gasteiger partial charge in [0.25, 0.3) is 5.91 Å². The molecule has 6 rings (SSSR count). The molecule has 10 nitrogen and oxygen atoms in total. The van der Waals surface area contributed by atoms with Crippen LogP contribution >= 0.6 is 63.7 Å². The quantitative estimate of drug-likeness (QED) is 0.127. The monoisotopic (exact) mass is 1160 g/mol. The summed E-state index contributed by atoms with van der Waals surface area (Å²) in [5, 5.41) is 8.86. The van der Waals surface area contributed by atoms with Gasteiger partial charge in [-0.3, -0.25) is 4.79 Å². The Kier molecular flexibility index (Phi) is 27.7. The first-order valence-electron chi connectivity index (χ1n) is 21.4. The second-order valence-electron chi connectivity index (χ2n) is 17.1. The van der Waals surface area contributed by atoms with E-state index in [2.05, 4.69) is 139 Å². The van der Waals surface area contributed by atoms with Crippen molar-refractivity contribution >= 4 is 90.5 Å². The number of carbonyl (C=O) groups is 3. The Balaban J connectivity index is 0.000000481. The van der Waals surface area contributed by atoms with Gasteiger partial charge in [-0.25, -0.2) is 9.59 Å². The van der Waals surface area contributed by atoms with Gasteiger partial charge in [0.1, 0.15) is 0 Å². The zero-order valence-electron chi connectivity index (χ0n) is 39.0. The molecule has 1 atom stereocenters. The normalized spacial score (nSPS) is 16.8. The van der Waals surface area contributed by atoms with E-state index < -0.39 is 5.97 Å². The second kappa shape index (κ2) is 29.4. The van der Waals surface area contributed by atoms with E-state index in [1.807, 2.05) is 53.4 Å². The van der Waals surface area contributed by atoms with Gasteiger partial charge in [0.15, 0.2) is 0 Å². The van der Waals surface area contributed by atoms with Crippen molar-refractivity contribution in [1.29, 1.82) is 0 Å². The van der Waals surface area contributed by atoms with Gasteiger partial charge in [-0.1, -0.05) is 119 Å². The molecular weight excluding hydrogens is 1100 g/mol. The standard InChI is InChI=1S/C20H29BrN2O.C15H19Br2NO2.C14H16BrNO2.CH4.Na.H2O/c1-14(2)23(15(3)4)20(24)18-8-6-16(7-9-18)19(21)17-10-12-22(5)13-11-17;1-18-9-7-15(17,8-10-18)13(16)11-3-5-12(6-4-11)14(19)20-2;1-16-8-6-11(7-9-16)13(15)10-2-4-12(5-3-10)14(17)18;;;/h6-9,14-15H,10-13H2,1-5H3;3-6,13H,7-10H2,1-2H3;2-5H,6-9H2,1H3,(H,17,18);1H4;;1H2/q;;;;+1;/p-1. The van der Waals surface area contributed by atoms with Gasteiger partial charge >= 0.3 is 41.5 Å². The third kappa shape index (κ3) is 18.0. The number of amides is 1. The zero-order valence-corrected chi connectivity index (χ0v) is 47.3. The first-order chi connectivity index (χ1) is 29.3. The largest absolute Gasteiger partial charge is 1.00 e. The molecule has 3 saturated heterocycles. The van der Waals surface area contributed by atoms with Crippen LogP contribution in [0.15, 0.2) is 83.9 Å². The van der Waals surface area contributed by atoms with Gasteiger partial charge in [-0.05, 0) is 154 Å². The number of hydrogen-bond donors (Lipinski definition) is 1. The average molecular weight is 1160 g/mol. The van der Waals surface area contributed by atoms with Gasteiger partial charge in [-0.2, -0.15) is 0 Å². The minimum atomic E-state index is -0.885. The number of carbonyl (C=O) groups excluding carboxylic acids is 2. The van der Waals surface area contributed by atoms with Crippen LogP contribution in [0.4, 0.5) is 0 Å². The number of ether oxygens (including phenoxy) is 1. The molecule has 2 N–H and O–H groups in total. The summed E-state index contributed by atoms with van der Waals surface area (Å²) in [5.41, 5.74) is 7.95. The van der Waals surface area contributed by atoms with E-state index in [-0.39, 0.29) is 75.6 Å². The van der Waals surface area contributed by atoms with Gasteiger partial charge in [0, 0.05) is 57.1 Å². The second-order valence-corrected chi connectivity index (χ2v) is 21.2. The summed E-state index contributed by atoms with van der Waals surface area (Å²) < 4.78 is 7.11. The number of benzene rings is 3. The van der Waals surface area contributed by atoms with Gasteiger partial charge in [0.05, 0.1) is 23.1 Å². The molecule has 0 aliphatic carbocycles. The van der Waals surface area contributed by atoms with Gasteiger partial charge in [-0.15, -0.1) is 0 Å². The minimum absolute atomic E-state index is 0. The van der Waals surface area contributed by atoms with Crippen LogP contribution in [0.5, 0.6) is 0 Å². The third-order valence-corrected chi connectivity index (χ3v) is 17.1. The van der Waals surface area contributed by atoms with Crippen LogP contribution in [-0.4, -0.2) is 132 Å². The van der Waals surface area contributed by atoms with Crippen LogP contribution in [0.25, 0.3) is 8.96 Å². The molecule has 3 aliphatic rings. The Morgan fingerprint density at radius 3 is 1.32 bits per heavy atom. The molecular formula is C50H69Br4N4NaO6. The maximum absolute atomic E-state index is 12.7. The number of nitrogens with zero attached hydrogens (tertiary/aromatic N) is 4. The van der Waals surface area contributed by atoms with Crippen LogP contribution in [0, 0.1) is 0 Å². The number of hydrogen-bond acceptors (Lipinski definition) is 8. The van der Waals surface area contributed by atoms with Crippen molar-refractivity contribution in [2.45, 2.75) is 94.9 Å². The number of rotatable bonds is 9. The zero-order chi connectivity index (χ0) is 45.7. The molecule has 3 aromatic carbocycles. The molecule has 3 fully saturated rings. The van der Waals surface area contributed by atoms with E-state index >= 15 is 0 Å². The summed E-state index contributed by atoms with van der Waals surface area (Å²) in [5.74, 6) is -1.07. The SMILES string of the molecule is C.CC(C)N(C(=O)c1ccc(C(Br)=C2CCN(C)CC2)cc1)C(C)C.CN1CCC(=C(Br)c2ccc(C(=O)O)cc2)CC1.COC(=O)c1ccc(C(Br)C2(Br)CCN(C)CC2)cc1.[Na+].[OH-]. The summed E-state index contributed by atoms with van der Waals surface area (Å²) in [6, 6.07) is 23.1. The molecule has 354 valence electrons. The maximum Gasteiger partial charge on any atom is 1.00 e. The Bertz CT molecular complexity index is 1990. The van der Waals surface area contributed by atoms with Crippen LogP contribution in [0.3, 0.4) is 0 Å². The van der Waals surface area contributed by atoms with Crippen molar-refractivity contribution in [2.75, 3.05) is 67.5 Å². The molecule has 3 aliphatic heterocycles. The molecule has 0 saturated carbocycles. The Morgan fingerprint density at radius 2 is 0.969 bits per heavy atom. The molecule has 3 aromatic rings. The summed E-state index contributed by atoms with van der Waals surface area (Å²) >= 11 is 15.2. The fourth-order valence-corrected chi connectivity index (χ4v) is 10.5. The number of carboxylic acid groups (broad SMARTS) is 1. The molecule has 15 heteroatoms. The van der Waals surface area contributed by atoms with E-state index in [1.165, 1.54) is 28.3 Å². The molecule has 0 bridgehead atoms. The minimum Gasteiger partial charge on any atom is -0.870 e. The number of halogens is 4. The van der Waals surface area contributed by atoms with Gasteiger partial charge < -0.3 is 34.9 Å². The Labute approximate surface area is 445 Å². The molecule has 1 unspecified atom stereocenters. The van der Waals surface area contributed by atoms with Crippen molar-refractivity contribution in [3.05, 3.63) is 117 Å². The van der Waals surface area contributed by atoms with Crippen molar-refractivity contribution in [1.82, 2.24) is 19.6 Å². The Hall–Kier alpha value is -1.69. The first-order valence-corrected chi connectivity index (χ1v) is 24.7. The van der Waals surface area contributed by atoms with Crippen LogP contribution in [0.2, 0.25) is 0 Å². The number of esters is 1. The van der Waals surface area contributed by atoms with E-state index in [0.29, 0.717) is 11.1 Å².